The van der Waals surface area contributed by atoms with Gasteiger partial charge in [0.05, 0.1) is 13.5 Å². The minimum atomic E-state index is -1.58. The molecule has 4 aromatic rings. The first-order chi connectivity index (χ1) is 21.3. The summed E-state index contributed by atoms with van der Waals surface area (Å²) in [6.45, 7) is 3.36. The van der Waals surface area contributed by atoms with Crippen LogP contribution in [-0.2, 0) is 31.1 Å². The molecule has 44 heavy (non-hydrogen) atoms. The number of esters is 1. The topological polar surface area (TPSA) is 93.7 Å². The third-order valence-electron chi connectivity index (χ3n) is 8.19. The number of methoxy groups -OCH3 is 1. The Morgan fingerprint density at radius 2 is 1.45 bits per heavy atom. The molecular weight excluding hydrogens is 552 g/mol. The van der Waals surface area contributed by atoms with Gasteiger partial charge < -0.3 is 20.1 Å². The number of hydrogen-bond acceptors (Lipinski definition) is 5. The summed E-state index contributed by atoms with van der Waals surface area (Å²) in [5, 5.41) is 6.17. The van der Waals surface area contributed by atoms with Crippen LogP contribution in [0.15, 0.2) is 121 Å². The van der Waals surface area contributed by atoms with E-state index in [1.54, 1.807) is 21.0 Å². The molecule has 0 radical (unpaired) electrons. The monoisotopic (exact) mass is 588 g/mol. The number of amides is 2. The summed E-state index contributed by atoms with van der Waals surface area (Å²) in [6, 6.07) is 35.4. The van der Waals surface area contributed by atoms with Crippen molar-refractivity contribution in [3.63, 3.8) is 0 Å². The first kappa shape index (κ1) is 30.3. The molecule has 0 saturated carbocycles. The van der Waals surface area contributed by atoms with E-state index in [2.05, 4.69) is 10.6 Å². The first-order valence-corrected chi connectivity index (χ1v) is 14.7. The molecule has 1 heterocycles. The molecule has 4 aromatic carbocycles. The number of carbonyl (C=O) groups is 3. The quantitative estimate of drug-likeness (QED) is 0.225. The van der Waals surface area contributed by atoms with Crippen molar-refractivity contribution in [3.8, 4) is 5.75 Å². The van der Waals surface area contributed by atoms with Crippen LogP contribution in [0.3, 0.4) is 0 Å². The Kier molecular flexibility index (Phi) is 8.95. The van der Waals surface area contributed by atoms with Crippen molar-refractivity contribution < 1.29 is 23.9 Å². The van der Waals surface area contributed by atoms with Crippen LogP contribution < -0.4 is 15.4 Å². The Balaban J connectivity index is 1.60. The first-order valence-electron chi connectivity index (χ1n) is 14.7. The fraction of sp³-hybridized carbons (Fsp3) is 0.216. The highest BCUT2D eigenvalue weighted by Gasteiger charge is 2.53. The van der Waals surface area contributed by atoms with Crippen molar-refractivity contribution in [3.05, 3.63) is 144 Å². The summed E-state index contributed by atoms with van der Waals surface area (Å²) in [5.41, 5.74) is 0.504. The highest BCUT2D eigenvalue weighted by atomic mass is 16.6. The Morgan fingerprint density at radius 3 is 2.05 bits per heavy atom. The smallest absolute Gasteiger partial charge is 0.311 e. The molecule has 1 unspecified atom stereocenters. The van der Waals surface area contributed by atoms with Crippen LogP contribution in [-0.4, -0.2) is 30.5 Å². The van der Waals surface area contributed by atoms with Crippen LogP contribution in [0.1, 0.15) is 48.4 Å². The van der Waals surface area contributed by atoms with E-state index < -0.39 is 34.8 Å². The van der Waals surface area contributed by atoms with Gasteiger partial charge in [-0.1, -0.05) is 110 Å². The maximum Gasteiger partial charge on any atom is 0.311 e. The van der Waals surface area contributed by atoms with Gasteiger partial charge in [0.1, 0.15) is 5.75 Å². The largest absolute Gasteiger partial charge is 0.497 e. The predicted octanol–water partition coefficient (Wildman–Crippen LogP) is 5.92. The highest BCUT2D eigenvalue weighted by Crippen LogP contribution is 2.44. The Bertz CT molecular complexity index is 1640. The minimum Gasteiger partial charge on any atom is -0.497 e. The van der Waals surface area contributed by atoms with Crippen LogP contribution in [0.4, 0.5) is 0 Å². The fourth-order valence-corrected chi connectivity index (χ4v) is 5.50. The molecule has 2 amide bonds. The van der Waals surface area contributed by atoms with Gasteiger partial charge in [0.15, 0.2) is 11.1 Å². The number of hydrogen-bond donors (Lipinski definition) is 2. The van der Waals surface area contributed by atoms with Gasteiger partial charge in [-0.05, 0) is 53.8 Å². The van der Waals surface area contributed by atoms with E-state index in [1.807, 2.05) is 121 Å². The fourth-order valence-electron chi connectivity index (χ4n) is 5.50. The van der Waals surface area contributed by atoms with E-state index in [0.717, 1.165) is 16.7 Å². The van der Waals surface area contributed by atoms with Crippen molar-refractivity contribution in [1.82, 2.24) is 10.6 Å². The molecule has 0 spiro atoms. The maximum atomic E-state index is 14.5. The van der Waals surface area contributed by atoms with E-state index in [-0.39, 0.29) is 12.8 Å². The van der Waals surface area contributed by atoms with Crippen molar-refractivity contribution >= 4 is 23.5 Å². The summed E-state index contributed by atoms with van der Waals surface area (Å²) in [5.74, 6) is -1.48. The lowest BCUT2D eigenvalue weighted by Gasteiger charge is -2.44. The zero-order chi connectivity index (χ0) is 31.2. The molecule has 0 bridgehead atoms. The van der Waals surface area contributed by atoms with E-state index in [9.17, 15) is 14.4 Å². The molecule has 3 atom stereocenters. The molecule has 2 N–H and O–H groups in total. The Labute approximate surface area is 257 Å². The highest BCUT2D eigenvalue weighted by molar-refractivity contribution is 6.02. The molecule has 0 aromatic heterocycles. The van der Waals surface area contributed by atoms with Crippen molar-refractivity contribution in [2.24, 2.45) is 0 Å². The molecule has 1 aliphatic heterocycles. The lowest BCUT2D eigenvalue weighted by molar-refractivity contribution is -0.168. The molecule has 0 fully saturated rings. The molecule has 7 nitrogen and oxygen atoms in total. The van der Waals surface area contributed by atoms with E-state index in [0.29, 0.717) is 17.0 Å². The minimum absolute atomic E-state index is 0.0195. The van der Waals surface area contributed by atoms with Crippen LogP contribution >= 0.6 is 0 Å². The number of ether oxygens (including phenoxy) is 2. The van der Waals surface area contributed by atoms with Crippen molar-refractivity contribution in [2.75, 3.05) is 7.11 Å². The molecule has 224 valence electrons. The van der Waals surface area contributed by atoms with E-state index in [1.165, 1.54) is 0 Å². The normalized spacial score (nSPS) is 19.1. The maximum absolute atomic E-state index is 14.5. The lowest BCUT2D eigenvalue weighted by Crippen LogP contribution is -2.64. The summed E-state index contributed by atoms with van der Waals surface area (Å²) in [7, 11) is 1.59. The molecule has 5 rings (SSSR count). The van der Waals surface area contributed by atoms with Gasteiger partial charge in [-0.2, -0.15) is 0 Å². The molecule has 0 saturated heterocycles. The summed E-state index contributed by atoms with van der Waals surface area (Å²) >= 11 is 0. The van der Waals surface area contributed by atoms with E-state index in [4.69, 9.17) is 9.47 Å². The number of benzene rings is 4. The zero-order valence-electron chi connectivity index (χ0n) is 25.1. The van der Waals surface area contributed by atoms with Crippen molar-refractivity contribution in [1.29, 1.82) is 0 Å². The van der Waals surface area contributed by atoms with Gasteiger partial charge in [-0.25, -0.2) is 0 Å². The van der Waals surface area contributed by atoms with Gasteiger partial charge in [-0.3, -0.25) is 14.4 Å². The Morgan fingerprint density at radius 1 is 0.864 bits per heavy atom. The molecular formula is C37H36N2O5. The van der Waals surface area contributed by atoms with E-state index >= 15 is 0 Å². The van der Waals surface area contributed by atoms with Crippen LogP contribution in [0.25, 0.3) is 5.70 Å². The van der Waals surface area contributed by atoms with Crippen LogP contribution in [0.5, 0.6) is 5.75 Å². The summed E-state index contributed by atoms with van der Waals surface area (Å²) < 4.78 is 11.3. The summed E-state index contributed by atoms with van der Waals surface area (Å²) in [6.07, 6.45) is 2.19. The second-order valence-corrected chi connectivity index (χ2v) is 11.0. The van der Waals surface area contributed by atoms with Gasteiger partial charge >= 0.3 is 5.97 Å². The lowest BCUT2D eigenvalue weighted by atomic mass is 9.70. The predicted molar refractivity (Wildman–Crippen MR) is 169 cm³/mol. The molecule has 1 aliphatic rings. The molecule has 0 aliphatic carbocycles. The van der Waals surface area contributed by atoms with Crippen LogP contribution in [0.2, 0.25) is 0 Å². The third kappa shape index (κ3) is 6.13. The third-order valence-corrected chi connectivity index (χ3v) is 8.19. The summed E-state index contributed by atoms with van der Waals surface area (Å²) in [4.78, 5) is 41.9. The standard InChI is InChI=1S/C37H36N2O5/c1-4-36(2,44-33(40)24-26-14-8-5-9-15-26)34(41)39-37(29-18-12-7-13-19-29)31(27-20-22-30(43-3)23-21-27)25-32(38-35(37)42)28-16-10-6-11-17-28/h5-23,25,31H,4,24H2,1-3H3,(H,38,42)(H,39,41)/t31-,36?,37+/m0/s1. The number of rotatable bonds is 10. The average Bonchev–Trinajstić information content (AvgIpc) is 3.06. The Hall–Kier alpha value is -5.17. The van der Waals surface area contributed by atoms with Gasteiger partial charge in [0, 0.05) is 11.6 Å². The zero-order valence-corrected chi connectivity index (χ0v) is 25.1. The van der Waals surface area contributed by atoms with Gasteiger partial charge in [-0.15, -0.1) is 0 Å². The van der Waals surface area contributed by atoms with Gasteiger partial charge in [0.2, 0.25) is 0 Å². The SMILES string of the molecule is CCC(C)(OC(=O)Cc1ccccc1)C(=O)N[C@@]1(c2ccccc2)C(=O)NC(c2ccccc2)=C[C@H]1c1ccc(OC)cc1. The number of nitrogens with one attached hydrogen (secondary N) is 2. The van der Waals surface area contributed by atoms with Gasteiger partial charge in [0.25, 0.3) is 11.8 Å². The van der Waals surface area contributed by atoms with Crippen molar-refractivity contribution in [2.45, 2.75) is 43.7 Å². The van der Waals surface area contributed by atoms with Crippen LogP contribution in [0, 0.1) is 0 Å². The second kappa shape index (κ2) is 13.0. The number of carbonyl (C=O) groups excluding carboxylic acids is 3. The second-order valence-electron chi connectivity index (χ2n) is 11.0. The average molecular weight is 589 g/mol. The molecule has 7 heteroatoms.